The first-order chi connectivity index (χ1) is 15.3. The maximum Gasteiger partial charge on any atom is -0.0136 e. The minimum Gasteiger partial charge on any atom is -0.103 e. The molecule has 0 saturated heterocycles. The Labute approximate surface area is 192 Å². The monoisotopic (exact) mass is 418 g/mol. The number of hydrogen-bond donors (Lipinski definition) is 0. The Morgan fingerprint density at radius 2 is 1.19 bits per heavy atom. The summed E-state index contributed by atoms with van der Waals surface area (Å²) < 4.78 is 0. The van der Waals surface area contributed by atoms with E-state index in [0.717, 1.165) is 41.4 Å². The molecule has 0 aromatic heterocycles. The van der Waals surface area contributed by atoms with E-state index < -0.39 is 0 Å². The number of hydrogen-bond acceptors (Lipinski definition) is 0. The minimum absolute atomic E-state index is 0.767. The Morgan fingerprint density at radius 3 is 1.68 bits per heavy atom. The zero-order valence-electron chi connectivity index (χ0n) is 20.1. The van der Waals surface area contributed by atoms with Gasteiger partial charge in [-0.3, -0.25) is 0 Å². The van der Waals surface area contributed by atoms with Gasteiger partial charge in [0, 0.05) is 0 Å². The minimum atomic E-state index is 0.767. The molecule has 1 atom stereocenters. The average Bonchev–Trinajstić information content (AvgIpc) is 2.85. The normalized spacial score (nSPS) is 35.6. The molecule has 3 aliphatic rings. The first-order valence-electron chi connectivity index (χ1n) is 13.6. The summed E-state index contributed by atoms with van der Waals surface area (Å²) in [6, 6.07) is 11.3. The molecule has 31 heavy (non-hydrogen) atoms. The van der Waals surface area contributed by atoms with Gasteiger partial charge in [0.1, 0.15) is 0 Å². The molecule has 1 aromatic rings. The van der Waals surface area contributed by atoms with Crippen LogP contribution < -0.4 is 0 Å². The Kier molecular flexibility index (Phi) is 8.51. The lowest BCUT2D eigenvalue weighted by molar-refractivity contribution is 0.166. The van der Waals surface area contributed by atoms with E-state index in [4.69, 9.17) is 0 Å². The van der Waals surface area contributed by atoms with E-state index in [-0.39, 0.29) is 0 Å². The fourth-order valence-electron chi connectivity index (χ4n) is 7.26. The van der Waals surface area contributed by atoms with Crippen molar-refractivity contribution >= 4 is 0 Å². The van der Waals surface area contributed by atoms with Gasteiger partial charge in [-0.05, 0) is 130 Å². The lowest BCUT2D eigenvalue weighted by atomic mass is 9.69. The van der Waals surface area contributed by atoms with Crippen LogP contribution in [0.15, 0.2) is 55.1 Å². The largest absolute Gasteiger partial charge is 0.103 e. The van der Waals surface area contributed by atoms with E-state index in [1.807, 2.05) is 0 Å². The number of rotatable bonds is 7. The molecule has 3 saturated carbocycles. The molecular formula is C31H46. The molecule has 3 fully saturated rings. The molecule has 1 unspecified atom stereocenters. The molecule has 3 aliphatic carbocycles. The summed E-state index contributed by atoms with van der Waals surface area (Å²) in [7, 11) is 0. The highest BCUT2D eigenvalue weighted by molar-refractivity contribution is 5.20. The fraction of sp³-hybridized carbons (Fsp3) is 0.677. The SMILES string of the molecule is C=CC1CCC(C2CCC(/C=C/C3CCC(C(CC)c4ccccc4)CC3)CC2)CC1. The summed E-state index contributed by atoms with van der Waals surface area (Å²) in [5.41, 5.74) is 1.57. The van der Waals surface area contributed by atoms with Gasteiger partial charge in [0.15, 0.2) is 0 Å². The van der Waals surface area contributed by atoms with Crippen molar-refractivity contribution in [1.82, 2.24) is 0 Å². The van der Waals surface area contributed by atoms with Crippen molar-refractivity contribution in [3.8, 4) is 0 Å². The zero-order valence-corrected chi connectivity index (χ0v) is 20.1. The summed E-state index contributed by atoms with van der Waals surface area (Å²) in [5.74, 6) is 6.22. The van der Waals surface area contributed by atoms with Crippen LogP contribution in [0.2, 0.25) is 0 Å². The Morgan fingerprint density at radius 1 is 0.710 bits per heavy atom. The Hall–Kier alpha value is -1.30. The van der Waals surface area contributed by atoms with Crippen molar-refractivity contribution in [2.24, 2.45) is 35.5 Å². The van der Waals surface area contributed by atoms with Crippen molar-refractivity contribution < 1.29 is 0 Å². The third-order valence-corrected chi connectivity index (χ3v) is 9.34. The smallest absolute Gasteiger partial charge is 0.0136 e. The highest BCUT2D eigenvalue weighted by Crippen LogP contribution is 2.43. The van der Waals surface area contributed by atoms with Gasteiger partial charge in [0.2, 0.25) is 0 Å². The van der Waals surface area contributed by atoms with Gasteiger partial charge in [-0.15, -0.1) is 6.58 Å². The molecule has 0 heterocycles. The van der Waals surface area contributed by atoms with Gasteiger partial charge in [-0.25, -0.2) is 0 Å². The predicted molar refractivity (Wildman–Crippen MR) is 135 cm³/mol. The van der Waals surface area contributed by atoms with Gasteiger partial charge < -0.3 is 0 Å². The summed E-state index contributed by atoms with van der Waals surface area (Å²) in [4.78, 5) is 0. The van der Waals surface area contributed by atoms with Gasteiger partial charge in [-0.2, -0.15) is 0 Å². The van der Waals surface area contributed by atoms with Crippen LogP contribution in [-0.2, 0) is 0 Å². The quantitative estimate of drug-likeness (QED) is 0.387. The number of benzene rings is 1. The molecule has 4 rings (SSSR count). The van der Waals surface area contributed by atoms with Crippen molar-refractivity contribution in [3.05, 3.63) is 60.7 Å². The maximum absolute atomic E-state index is 4.01. The molecule has 0 aliphatic heterocycles. The molecule has 1 aromatic carbocycles. The topological polar surface area (TPSA) is 0 Å². The van der Waals surface area contributed by atoms with Gasteiger partial charge >= 0.3 is 0 Å². The molecule has 0 spiro atoms. The second-order valence-electron chi connectivity index (χ2n) is 11.1. The van der Waals surface area contributed by atoms with Crippen LogP contribution in [0, 0.1) is 35.5 Å². The summed E-state index contributed by atoms with van der Waals surface area (Å²) in [5, 5.41) is 0. The van der Waals surface area contributed by atoms with Crippen LogP contribution in [0.4, 0.5) is 0 Å². The third kappa shape index (κ3) is 6.15. The van der Waals surface area contributed by atoms with E-state index >= 15 is 0 Å². The third-order valence-electron chi connectivity index (χ3n) is 9.34. The van der Waals surface area contributed by atoms with E-state index in [9.17, 15) is 0 Å². The molecule has 0 heteroatoms. The maximum atomic E-state index is 4.01. The molecule has 0 nitrogen and oxygen atoms in total. The lowest BCUT2D eigenvalue weighted by Crippen LogP contribution is -2.25. The Balaban J connectivity index is 1.18. The molecule has 0 amide bonds. The van der Waals surface area contributed by atoms with Crippen LogP contribution in [0.5, 0.6) is 0 Å². The van der Waals surface area contributed by atoms with Gasteiger partial charge in [0.25, 0.3) is 0 Å². The zero-order chi connectivity index (χ0) is 21.5. The van der Waals surface area contributed by atoms with Crippen molar-refractivity contribution in [3.63, 3.8) is 0 Å². The first-order valence-corrected chi connectivity index (χ1v) is 13.6. The summed E-state index contributed by atoms with van der Waals surface area (Å²) in [6.45, 7) is 6.39. The van der Waals surface area contributed by atoms with Crippen molar-refractivity contribution in [2.75, 3.05) is 0 Å². The van der Waals surface area contributed by atoms with Gasteiger partial charge in [-0.1, -0.05) is 55.5 Å². The van der Waals surface area contributed by atoms with Crippen LogP contribution in [0.25, 0.3) is 0 Å². The van der Waals surface area contributed by atoms with Crippen molar-refractivity contribution in [1.29, 1.82) is 0 Å². The lowest BCUT2D eigenvalue weighted by Gasteiger charge is -2.37. The highest BCUT2D eigenvalue weighted by Gasteiger charge is 2.30. The standard InChI is InChI=1S/C31H46/c1-3-24-12-18-27(19-13-24)28-20-14-25(15-21-28)10-11-26-16-22-30(23-17-26)31(4-2)29-8-6-5-7-9-29/h3,5-11,24-28,30-31H,1,4,12-23H2,2H3/b11-10+. The van der Waals surface area contributed by atoms with E-state index in [1.165, 1.54) is 83.5 Å². The molecule has 0 bridgehead atoms. The average molecular weight is 419 g/mol. The van der Waals surface area contributed by atoms with Crippen molar-refractivity contribution in [2.45, 2.75) is 96.3 Å². The van der Waals surface area contributed by atoms with Crippen LogP contribution in [-0.4, -0.2) is 0 Å². The number of allylic oxidation sites excluding steroid dienone is 3. The van der Waals surface area contributed by atoms with Crippen LogP contribution >= 0.6 is 0 Å². The summed E-state index contributed by atoms with van der Waals surface area (Å²) in [6.07, 6.45) is 26.0. The molecule has 0 radical (unpaired) electrons. The van der Waals surface area contributed by atoms with E-state index in [2.05, 4.69) is 62.1 Å². The fourth-order valence-corrected chi connectivity index (χ4v) is 7.26. The van der Waals surface area contributed by atoms with Gasteiger partial charge in [0.05, 0.1) is 0 Å². The van der Waals surface area contributed by atoms with E-state index in [0.29, 0.717) is 0 Å². The van der Waals surface area contributed by atoms with Crippen LogP contribution in [0.3, 0.4) is 0 Å². The summed E-state index contributed by atoms with van der Waals surface area (Å²) >= 11 is 0. The predicted octanol–water partition coefficient (Wildman–Crippen LogP) is 9.34. The second-order valence-corrected chi connectivity index (χ2v) is 11.1. The van der Waals surface area contributed by atoms with Crippen LogP contribution in [0.1, 0.15) is 102 Å². The van der Waals surface area contributed by atoms with E-state index in [1.54, 1.807) is 5.56 Å². The second kappa shape index (κ2) is 11.5. The molecule has 0 N–H and O–H groups in total. The molecule has 170 valence electrons. The molecular weight excluding hydrogens is 372 g/mol. The highest BCUT2D eigenvalue weighted by atomic mass is 14.4. The first kappa shape index (κ1) is 22.9. The Bertz CT molecular complexity index is 661.